The van der Waals surface area contributed by atoms with Gasteiger partial charge in [-0.3, -0.25) is 4.79 Å². The average Bonchev–Trinajstić information content (AvgIpc) is 3.06. The lowest BCUT2D eigenvalue weighted by molar-refractivity contribution is 0.0286. The summed E-state index contributed by atoms with van der Waals surface area (Å²) < 4.78 is 1.81. The predicted octanol–water partition coefficient (Wildman–Crippen LogP) is 2.31. The summed E-state index contributed by atoms with van der Waals surface area (Å²) in [7, 11) is 0. The summed E-state index contributed by atoms with van der Waals surface area (Å²) >= 11 is 0. The molecule has 4 rings (SSSR count). The molecule has 2 bridgehead atoms. The summed E-state index contributed by atoms with van der Waals surface area (Å²) in [5.74, 6) is 0.0593. The summed E-state index contributed by atoms with van der Waals surface area (Å²) in [6, 6.07) is 10.2. The van der Waals surface area contributed by atoms with Crippen molar-refractivity contribution in [1.82, 2.24) is 14.7 Å². The van der Waals surface area contributed by atoms with Crippen LogP contribution in [0.15, 0.2) is 36.5 Å². The molecular formula is C18H21N3O2. The Balaban J connectivity index is 1.64. The molecule has 2 aromatic rings. The van der Waals surface area contributed by atoms with E-state index in [0.717, 1.165) is 24.2 Å². The molecule has 1 aromatic heterocycles. The molecule has 0 unspecified atom stereocenters. The highest BCUT2D eigenvalue weighted by molar-refractivity contribution is 5.96. The molecule has 0 spiro atoms. The van der Waals surface area contributed by atoms with Crippen LogP contribution in [0.25, 0.3) is 5.69 Å². The highest BCUT2D eigenvalue weighted by Gasteiger charge is 2.43. The van der Waals surface area contributed by atoms with Crippen LogP contribution >= 0.6 is 0 Å². The van der Waals surface area contributed by atoms with Crippen LogP contribution < -0.4 is 0 Å². The SMILES string of the molecule is Cc1c(C(=O)N2[C@H]3CC[C@H]2CC(O)C3)cnn1-c1ccccc1. The van der Waals surface area contributed by atoms with Crippen LogP contribution in [0, 0.1) is 6.92 Å². The third kappa shape index (κ3) is 2.36. The molecule has 3 heterocycles. The number of aliphatic hydroxyl groups excluding tert-OH is 1. The summed E-state index contributed by atoms with van der Waals surface area (Å²) in [4.78, 5) is 15.0. The first-order valence-corrected chi connectivity index (χ1v) is 8.26. The Labute approximate surface area is 135 Å². The number of carbonyl (C=O) groups is 1. The number of benzene rings is 1. The predicted molar refractivity (Wildman–Crippen MR) is 86.5 cm³/mol. The van der Waals surface area contributed by atoms with Crippen LogP contribution in [0.3, 0.4) is 0 Å². The zero-order chi connectivity index (χ0) is 16.0. The van der Waals surface area contributed by atoms with E-state index < -0.39 is 0 Å². The van der Waals surface area contributed by atoms with Crippen molar-refractivity contribution in [3.63, 3.8) is 0 Å². The summed E-state index contributed by atoms with van der Waals surface area (Å²) in [6.45, 7) is 1.94. The summed E-state index contributed by atoms with van der Waals surface area (Å²) in [5, 5.41) is 14.3. The topological polar surface area (TPSA) is 58.4 Å². The highest BCUT2D eigenvalue weighted by atomic mass is 16.3. The summed E-state index contributed by atoms with van der Waals surface area (Å²) in [5.41, 5.74) is 2.50. The fraction of sp³-hybridized carbons (Fsp3) is 0.444. The van der Waals surface area contributed by atoms with Crippen LogP contribution in [0.5, 0.6) is 0 Å². The minimum absolute atomic E-state index is 0.0593. The Morgan fingerprint density at radius 1 is 1.17 bits per heavy atom. The number of hydrogen-bond acceptors (Lipinski definition) is 3. The van der Waals surface area contributed by atoms with Crippen molar-refractivity contribution in [3.05, 3.63) is 47.8 Å². The van der Waals surface area contributed by atoms with Gasteiger partial charge in [0, 0.05) is 12.1 Å². The van der Waals surface area contributed by atoms with Gasteiger partial charge in [0.25, 0.3) is 5.91 Å². The second-order valence-corrected chi connectivity index (χ2v) is 6.61. The lowest BCUT2D eigenvalue weighted by atomic mass is 9.99. The van der Waals surface area contributed by atoms with E-state index in [-0.39, 0.29) is 24.1 Å². The maximum atomic E-state index is 13.0. The Morgan fingerprint density at radius 3 is 2.48 bits per heavy atom. The minimum Gasteiger partial charge on any atom is -0.393 e. The Bertz CT molecular complexity index is 711. The zero-order valence-corrected chi connectivity index (χ0v) is 13.2. The number of fused-ring (bicyclic) bond motifs is 2. The molecule has 2 atom stereocenters. The first-order chi connectivity index (χ1) is 11.1. The minimum atomic E-state index is -0.260. The molecule has 1 aromatic carbocycles. The van der Waals surface area contributed by atoms with Gasteiger partial charge < -0.3 is 10.0 Å². The lowest BCUT2D eigenvalue weighted by Crippen LogP contribution is -2.48. The Morgan fingerprint density at radius 2 is 1.83 bits per heavy atom. The van der Waals surface area contributed by atoms with Crippen LogP contribution in [-0.2, 0) is 0 Å². The van der Waals surface area contributed by atoms with Gasteiger partial charge in [-0.2, -0.15) is 5.10 Å². The molecular weight excluding hydrogens is 290 g/mol. The van der Waals surface area contributed by atoms with Gasteiger partial charge in [0.15, 0.2) is 0 Å². The van der Waals surface area contributed by atoms with Crippen LogP contribution in [-0.4, -0.2) is 43.9 Å². The second kappa shape index (κ2) is 5.49. The number of amides is 1. The van der Waals surface area contributed by atoms with E-state index in [9.17, 15) is 9.90 Å². The quantitative estimate of drug-likeness (QED) is 0.926. The van der Waals surface area contributed by atoms with Crippen molar-refractivity contribution in [2.75, 3.05) is 0 Å². The molecule has 5 nitrogen and oxygen atoms in total. The number of aromatic nitrogens is 2. The van der Waals surface area contributed by atoms with Gasteiger partial charge in [0.1, 0.15) is 0 Å². The molecule has 2 aliphatic rings. The van der Waals surface area contributed by atoms with Crippen molar-refractivity contribution < 1.29 is 9.90 Å². The Kier molecular flexibility index (Phi) is 3.45. The molecule has 23 heavy (non-hydrogen) atoms. The maximum absolute atomic E-state index is 13.0. The number of piperidine rings is 1. The monoisotopic (exact) mass is 311 g/mol. The zero-order valence-electron chi connectivity index (χ0n) is 13.2. The van der Waals surface area contributed by atoms with Gasteiger partial charge in [-0.15, -0.1) is 0 Å². The number of aliphatic hydroxyl groups is 1. The molecule has 1 N–H and O–H groups in total. The fourth-order valence-corrected chi connectivity index (χ4v) is 4.07. The van der Waals surface area contributed by atoms with Gasteiger partial charge in [-0.25, -0.2) is 4.68 Å². The summed E-state index contributed by atoms with van der Waals surface area (Å²) in [6.07, 6.45) is 4.82. The number of carbonyl (C=O) groups excluding carboxylic acids is 1. The first-order valence-electron chi connectivity index (χ1n) is 8.26. The van der Waals surface area contributed by atoms with E-state index in [0.29, 0.717) is 18.4 Å². The number of rotatable bonds is 2. The van der Waals surface area contributed by atoms with Crippen LogP contribution in [0.2, 0.25) is 0 Å². The van der Waals surface area contributed by atoms with E-state index in [2.05, 4.69) is 5.10 Å². The standard InChI is InChI=1S/C18H21N3O2/c1-12-17(11-19-21(12)13-5-3-2-4-6-13)18(23)20-14-7-8-15(20)10-16(22)9-14/h2-6,11,14-16,22H,7-10H2,1H3/t14-,15-/m0/s1. The Hall–Kier alpha value is -2.14. The third-order valence-corrected chi connectivity index (χ3v) is 5.18. The van der Waals surface area contributed by atoms with Crippen molar-refractivity contribution >= 4 is 5.91 Å². The third-order valence-electron chi connectivity index (χ3n) is 5.18. The molecule has 5 heteroatoms. The first kappa shape index (κ1) is 14.5. The molecule has 0 aliphatic carbocycles. The number of hydrogen-bond donors (Lipinski definition) is 1. The van der Waals surface area contributed by atoms with Crippen molar-refractivity contribution in [1.29, 1.82) is 0 Å². The van der Waals surface area contributed by atoms with Crippen molar-refractivity contribution in [2.45, 2.75) is 50.8 Å². The van der Waals surface area contributed by atoms with E-state index in [1.807, 2.05) is 46.8 Å². The second-order valence-electron chi connectivity index (χ2n) is 6.61. The van der Waals surface area contributed by atoms with Crippen molar-refractivity contribution in [2.24, 2.45) is 0 Å². The van der Waals surface area contributed by atoms with Crippen LogP contribution in [0.1, 0.15) is 41.7 Å². The molecule has 2 saturated heterocycles. The largest absolute Gasteiger partial charge is 0.393 e. The number of nitrogens with zero attached hydrogens (tertiary/aromatic N) is 3. The van der Waals surface area contributed by atoms with Crippen molar-refractivity contribution in [3.8, 4) is 5.69 Å². The average molecular weight is 311 g/mol. The van der Waals surface area contributed by atoms with E-state index in [4.69, 9.17) is 0 Å². The van der Waals surface area contributed by atoms with Gasteiger partial charge in [0.2, 0.25) is 0 Å². The molecule has 1 amide bonds. The molecule has 0 saturated carbocycles. The molecule has 0 radical (unpaired) electrons. The maximum Gasteiger partial charge on any atom is 0.257 e. The smallest absolute Gasteiger partial charge is 0.257 e. The lowest BCUT2D eigenvalue weighted by Gasteiger charge is -2.37. The van der Waals surface area contributed by atoms with Gasteiger partial charge in [0.05, 0.1) is 29.2 Å². The molecule has 2 fully saturated rings. The van der Waals surface area contributed by atoms with E-state index in [1.165, 1.54) is 0 Å². The molecule has 120 valence electrons. The van der Waals surface area contributed by atoms with Crippen LogP contribution in [0.4, 0.5) is 0 Å². The van der Waals surface area contributed by atoms with Gasteiger partial charge >= 0.3 is 0 Å². The normalized spacial score (nSPS) is 26.5. The fourth-order valence-electron chi connectivity index (χ4n) is 4.07. The van der Waals surface area contributed by atoms with E-state index in [1.54, 1.807) is 6.20 Å². The highest BCUT2D eigenvalue weighted by Crippen LogP contribution is 2.37. The molecule has 2 aliphatic heterocycles. The number of para-hydroxylation sites is 1. The van der Waals surface area contributed by atoms with Gasteiger partial charge in [-0.1, -0.05) is 18.2 Å². The van der Waals surface area contributed by atoms with Gasteiger partial charge in [-0.05, 0) is 44.7 Å². The van der Waals surface area contributed by atoms with E-state index >= 15 is 0 Å².